The van der Waals surface area contributed by atoms with Gasteiger partial charge in [0, 0.05) is 11.6 Å². The molecular formula is C11H14Cl2N2O3S. The molecule has 0 aromatic heterocycles. The number of amides is 1. The van der Waals surface area contributed by atoms with Gasteiger partial charge in [0.1, 0.15) is 4.90 Å². The number of benzene rings is 1. The van der Waals surface area contributed by atoms with Crippen LogP contribution in [-0.2, 0) is 10.0 Å². The molecule has 1 rings (SSSR count). The fourth-order valence-corrected chi connectivity index (χ4v) is 2.67. The maximum Gasteiger partial charge on any atom is 0.251 e. The lowest BCUT2D eigenvalue weighted by Gasteiger charge is -2.13. The summed E-state index contributed by atoms with van der Waals surface area (Å²) in [5.74, 6) is -0.433. The fraction of sp³-hybridized carbons (Fsp3) is 0.364. The average molecular weight is 325 g/mol. The van der Waals surface area contributed by atoms with E-state index >= 15 is 0 Å². The lowest BCUT2D eigenvalue weighted by molar-refractivity contribution is 0.0939. The molecule has 106 valence electrons. The number of sulfonamides is 1. The molecule has 0 saturated carbocycles. The third-order valence-corrected chi connectivity index (χ3v) is 4.40. The molecule has 1 unspecified atom stereocenters. The average Bonchev–Trinajstić information content (AvgIpc) is 2.30. The highest BCUT2D eigenvalue weighted by Crippen LogP contribution is 2.30. The van der Waals surface area contributed by atoms with Gasteiger partial charge in [0.25, 0.3) is 5.91 Å². The lowest BCUT2D eigenvalue weighted by Crippen LogP contribution is -2.32. The van der Waals surface area contributed by atoms with Gasteiger partial charge in [-0.1, -0.05) is 30.1 Å². The maximum absolute atomic E-state index is 11.9. The van der Waals surface area contributed by atoms with Gasteiger partial charge in [-0.15, -0.1) is 0 Å². The van der Waals surface area contributed by atoms with Crippen molar-refractivity contribution in [3.05, 3.63) is 27.7 Å². The summed E-state index contributed by atoms with van der Waals surface area (Å²) in [5.41, 5.74) is 0.0960. The molecule has 0 bridgehead atoms. The maximum atomic E-state index is 11.9. The van der Waals surface area contributed by atoms with E-state index in [1.54, 1.807) is 0 Å². The van der Waals surface area contributed by atoms with E-state index in [1.807, 2.05) is 13.8 Å². The minimum absolute atomic E-state index is 0.0394. The molecule has 0 heterocycles. The number of hydrogen-bond donors (Lipinski definition) is 2. The van der Waals surface area contributed by atoms with Crippen molar-refractivity contribution in [2.45, 2.75) is 31.2 Å². The second-order valence-corrected chi connectivity index (χ2v) is 6.41. The largest absolute Gasteiger partial charge is 0.350 e. The van der Waals surface area contributed by atoms with Crippen LogP contribution in [-0.4, -0.2) is 20.4 Å². The van der Waals surface area contributed by atoms with Crippen LogP contribution in [0.15, 0.2) is 17.0 Å². The van der Waals surface area contributed by atoms with Crippen LogP contribution in [0.2, 0.25) is 10.0 Å². The number of carbonyl (C=O) groups excluding carboxylic acids is 1. The Balaban J connectivity index is 3.25. The molecule has 1 atom stereocenters. The molecule has 0 aliphatic heterocycles. The number of carbonyl (C=O) groups is 1. The predicted molar refractivity (Wildman–Crippen MR) is 75.1 cm³/mol. The van der Waals surface area contributed by atoms with Crippen LogP contribution in [0.5, 0.6) is 0 Å². The smallest absolute Gasteiger partial charge is 0.251 e. The summed E-state index contributed by atoms with van der Waals surface area (Å²) in [6, 6.07) is 2.37. The van der Waals surface area contributed by atoms with Gasteiger partial charge in [-0.05, 0) is 25.5 Å². The third kappa shape index (κ3) is 4.07. The van der Waals surface area contributed by atoms with Crippen molar-refractivity contribution in [3.8, 4) is 0 Å². The Morgan fingerprint density at radius 2 is 2.00 bits per heavy atom. The molecule has 1 amide bonds. The molecule has 0 saturated heterocycles. The SMILES string of the molecule is CCC(C)NC(=O)c1cc(Cl)c(Cl)c(S(N)(=O)=O)c1. The van der Waals surface area contributed by atoms with Crippen LogP contribution in [0.4, 0.5) is 0 Å². The summed E-state index contributed by atoms with van der Waals surface area (Å²) in [7, 11) is -4.04. The molecule has 0 spiro atoms. The van der Waals surface area contributed by atoms with E-state index in [2.05, 4.69) is 5.32 Å². The molecule has 8 heteroatoms. The first kappa shape index (κ1) is 16.2. The Bertz CT molecular complexity index is 602. The van der Waals surface area contributed by atoms with E-state index < -0.39 is 15.9 Å². The summed E-state index contributed by atoms with van der Waals surface area (Å²) >= 11 is 11.6. The van der Waals surface area contributed by atoms with Gasteiger partial charge in [-0.25, -0.2) is 13.6 Å². The molecule has 3 N–H and O–H groups in total. The topological polar surface area (TPSA) is 89.3 Å². The van der Waals surface area contributed by atoms with E-state index in [-0.39, 0.29) is 26.5 Å². The minimum Gasteiger partial charge on any atom is -0.350 e. The molecule has 5 nitrogen and oxygen atoms in total. The van der Waals surface area contributed by atoms with E-state index in [9.17, 15) is 13.2 Å². The monoisotopic (exact) mass is 324 g/mol. The molecule has 0 fully saturated rings. The number of nitrogens with one attached hydrogen (secondary N) is 1. The summed E-state index contributed by atoms with van der Waals surface area (Å²) in [4.78, 5) is 11.5. The van der Waals surface area contributed by atoms with Gasteiger partial charge >= 0.3 is 0 Å². The van der Waals surface area contributed by atoms with Crippen LogP contribution in [0.3, 0.4) is 0 Å². The van der Waals surface area contributed by atoms with Gasteiger partial charge in [-0.2, -0.15) is 0 Å². The summed E-state index contributed by atoms with van der Waals surface area (Å²) in [6.07, 6.45) is 0.745. The zero-order valence-corrected chi connectivity index (χ0v) is 12.7. The third-order valence-electron chi connectivity index (χ3n) is 2.55. The van der Waals surface area contributed by atoms with E-state index in [1.165, 1.54) is 6.07 Å². The van der Waals surface area contributed by atoms with Crippen LogP contribution in [0.25, 0.3) is 0 Å². The Morgan fingerprint density at radius 3 is 2.47 bits per heavy atom. The van der Waals surface area contributed by atoms with E-state index in [0.717, 1.165) is 12.5 Å². The first-order chi connectivity index (χ1) is 8.66. The molecule has 19 heavy (non-hydrogen) atoms. The second-order valence-electron chi connectivity index (χ2n) is 4.10. The van der Waals surface area contributed by atoms with Crippen molar-refractivity contribution in [1.29, 1.82) is 0 Å². The first-order valence-electron chi connectivity index (χ1n) is 5.49. The van der Waals surface area contributed by atoms with Gasteiger partial charge < -0.3 is 5.32 Å². The van der Waals surface area contributed by atoms with Crippen molar-refractivity contribution in [2.24, 2.45) is 5.14 Å². The van der Waals surface area contributed by atoms with Crippen LogP contribution in [0, 0.1) is 0 Å². The number of hydrogen-bond acceptors (Lipinski definition) is 3. The van der Waals surface area contributed by atoms with E-state index in [4.69, 9.17) is 28.3 Å². The van der Waals surface area contributed by atoms with Gasteiger partial charge in [0.2, 0.25) is 10.0 Å². The number of primary sulfonamides is 1. The van der Waals surface area contributed by atoms with Crippen molar-refractivity contribution in [1.82, 2.24) is 5.32 Å². The van der Waals surface area contributed by atoms with Gasteiger partial charge in [0.05, 0.1) is 10.0 Å². The highest BCUT2D eigenvalue weighted by atomic mass is 35.5. The number of rotatable bonds is 4. The van der Waals surface area contributed by atoms with Crippen molar-refractivity contribution in [3.63, 3.8) is 0 Å². The quantitative estimate of drug-likeness (QED) is 0.889. The molecule has 0 radical (unpaired) electrons. The number of halogens is 2. The van der Waals surface area contributed by atoms with Crippen molar-refractivity contribution >= 4 is 39.1 Å². The summed E-state index contributed by atoms with van der Waals surface area (Å²) < 4.78 is 22.7. The summed E-state index contributed by atoms with van der Waals surface area (Å²) in [5, 5.41) is 7.49. The highest BCUT2D eigenvalue weighted by molar-refractivity contribution is 7.89. The molecule has 1 aromatic rings. The first-order valence-corrected chi connectivity index (χ1v) is 7.79. The lowest BCUT2D eigenvalue weighted by atomic mass is 10.2. The molecule has 0 aliphatic rings. The Morgan fingerprint density at radius 1 is 1.42 bits per heavy atom. The highest BCUT2D eigenvalue weighted by Gasteiger charge is 2.20. The normalized spacial score (nSPS) is 13.1. The van der Waals surface area contributed by atoms with Gasteiger partial charge in [-0.3, -0.25) is 4.79 Å². The zero-order valence-electron chi connectivity index (χ0n) is 10.4. The standard InChI is InChI=1S/C11H14Cl2N2O3S/c1-3-6(2)15-11(16)7-4-8(12)10(13)9(5-7)19(14,17)18/h4-6H,3H2,1-2H3,(H,15,16)(H2,14,17,18). The van der Waals surface area contributed by atoms with Gasteiger partial charge in [0.15, 0.2) is 0 Å². The predicted octanol–water partition coefficient (Wildman–Crippen LogP) is 2.17. The van der Waals surface area contributed by atoms with Crippen LogP contribution >= 0.6 is 23.2 Å². The zero-order chi connectivity index (χ0) is 14.8. The minimum atomic E-state index is -4.04. The summed E-state index contributed by atoms with van der Waals surface area (Å²) in [6.45, 7) is 3.74. The van der Waals surface area contributed by atoms with E-state index in [0.29, 0.717) is 0 Å². The molecular weight excluding hydrogens is 311 g/mol. The Hall–Kier alpha value is -0.820. The molecule has 1 aromatic carbocycles. The van der Waals surface area contributed by atoms with Crippen LogP contribution in [0.1, 0.15) is 30.6 Å². The number of nitrogens with two attached hydrogens (primary N) is 1. The molecule has 0 aliphatic carbocycles. The fourth-order valence-electron chi connectivity index (χ4n) is 1.31. The Labute approximate surface area is 122 Å². The van der Waals surface area contributed by atoms with Crippen LogP contribution < -0.4 is 10.5 Å². The second kappa shape index (κ2) is 6.09. The van der Waals surface area contributed by atoms with Crippen molar-refractivity contribution < 1.29 is 13.2 Å². The van der Waals surface area contributed by atoms with Crippen molar-refractivity contribution in [2.75, 3.05) is 0 Å². The Kier molecular flexibility index (Phi) is 5.20.